The Bertz CT molecular complexity index is 674. The molecule has 1 N–H and O–H groups in total. The summed E-state index contributed by atoms with van der Waals surface area (Å²) in [6, 6.07) is 20.5. The van der Waals surface area contributed by atoms with E-state index in [-0.39, 0.29) is 0 Å². The monoisotopic (exact) mass is 370 g/mol. The predicted molar refractivity (Wildman–Crippen MR) is 103 cm³/mol. The summed E-state index contributed by atoms with van der Waals surface area (Å²) in [5.41, 5.74) is 4.41. The van der Waals surface area contributed by atoms with E-state index in [1.54, 1.807) is 0 Å². The van der Waals surface area contributed by atoms with E-state index in [0.29, 0.717) is 0 Å². The first-order valence-electron chi connectivity index (χ1n) is 7.73. The molecule has 0 unspecified atom stereocenters. The molecule has 0 fully saturated rings. The number of halogens is 1. The maximum absolute atomic E-state index is 10.6. The molecule has 120 valence electrons. The van der Waals surface area contributed by atoms with Crippen LogP contribution in [0.15, 0.2) is 76.3 Å². The van der Waals surface area contributed by atoms with Crippen molar-refractivity contribution in [3.05, 3.63) is 87.4 Å². The van der Waals surface area contributed by atoms with Gasteiger partial charge in [-0.25, -0.2) is 0 Å². The first-order valence-corrected chi connectivity index (χ1v) is 8.53. The highest BCUT2D eigenvalue weighted by Crippen LogP contribution is 2.39. The van der Waals surface area contributed by atoms with Gasteiger partial charge in [0, 0.05) is 10.1 Å². The molecule has 0 amide bonds. The molecular weight excluding hydrogens is 348 g/mol. The van der Waals surface area contributed by atoms with Crippen LogP contribution in [0.1, 0.15) is 38.8 Å². The first kappa shape index (κ1) is 17.7. The van der Waals surface area contributed by atoms with Crippen LogP contribution in [0.25, 0.3) is 5.57 Å². The number of hydrogen-bond donors (Lipinski definition) is 1. The number of benzene rings is 2. The van der Waals surface area contributed by atoms with Crippen molar-refractivity contribution in [1.82, 2.24) is 0 Å². The third kappa shape index (κ3) is 4.21. The molecular formula is C21H23BrO. The molecule has 0 atom stereocenters. The Hall–Kier alpha value is -1.64. The second-order valence-electron chi connectivity index (χ2n) is 6.36. The maximum atomic E-state index is 10.6. The lowest BCUT2D eigenvalue weighted by molar-refractivity contribution is 0.122. The van der Waals surface area contributed by atoms with E-state index in [9.17, 15) is 5.11 Å². The molecule has 0 heterocycles. The number of hydrogen-bond acceptors (Lipinski definition) is 1. The summed E-state index contributed by atoms with van der Waals surface area (Å²) in [4.78, 5) is 0. The van der Waals surface area contributed by atoms with Crippen LogP contribution in [0, 0.1) is 0 Å². The molecule has 2 rings (SSSR count). The quantitative estimate of drug-likeness (QED) is 0.659. The van der Waals surface area contributed by atoms with Crippen LogP contribution in [0.3, 0.4) is 0 Å². The lowest BCUT2D eigenvalue weighted by atomic mass is 9.88. The Morgan fingerprint density at radius 1 is 0.826 bits per heavy atom. The van der Waals surface area contributed by atoms with E-state index in [1.807, 2.05) is 64.1 Å². The highest BCUT2D eigenvalue weighted by Gasteiger charge is 2.26. The summed E-state index contributed by atoms with van der Waals surface area (Å²) in [5, 5.41) is 10.6. The molecule has 0 aliphatic rings. The van der Waals surface area contributed by atoms with Gasteiger partial charge in [0.05, 0.1) is 5.60 Å². The van der Waals surface area contributed by atoms with Crippen molar-refractivity contribution < 1.29 is 5.11 Å². The van der Waals surface area contributed by atoms with Crippen LogP contribution in [0.5, 0.6) is 0 Å². The molecule has 0 saturated carbocycles. The van der Waals surface area contributed by atoms with Crippen molar-refractivity contribution >= 4 is 21.5 Å². The van der Waals surface area contributed by atoms with Gasteiger partial charge in [0.15, 0.2) is 0 Å². The van der Waals surface area contributed by atoms with Crippen molar-refractivity contribution in [3.63, 3.8) is 0 Å². The van der Waals surface area contributed by atoms with Crippen molar-refractivity contribution in [2.75, 3.05) is 0 Å². The molecule has 0 bridgehead atoms. The summed E-state index contributed by atoms with van der Waals surface area (Å²) in [6.45, 7) is 7.71. The van der Waals surface area contributed by atoms with Crippen LogP contribution in [-0.2, 0) is 0 Å². The standard InChI is InChI=1S/C21H23BrO/c1-15(2)19(21(3,4)23)20(22)18(16-11-7-5-8-12-16)17-13-9-6-10-14-17/h5-14,23H,1-4H3. The molecule has 0 aliphatic heterocycles. The minimum Gasteiger partial charge on any atom is -0.386 e. The van der Waals surface area contributed by atoms with Gasteiger partial charge in [-0.15, -0.1) is 0 Å². The van der Waals surface area contributed by atoms with Gasteiger partial charge in [-0.05, 0) is 60.3 Å². The minimum atomic E-state index is -0.924. The van der Waals surface area contributed by atoms with E-state index in [0.717, 1.165) is 32.3 Å². The zero-order valence-electron chi connectivity index (χ0n) is 14.1. The Kier molecular flexibility index (Phi) is 5.61. The first-order chi connectivity index (χ1) is 10.8. The van der Waals surface area contributed by atoms with Crippen molar-refractivity contribution in [1.29, 1.82) is 0 Å². The molecule has 2 heteroatoms. The van der Waals surface area contributed by atoms with Gasteiger partial charge < -0.3 is 5.11 Å². The van der Waals surface area contributed by atoms with Crippen molar-refractivity contribution in [2.45, 2.75) is 33.3 Å². The van der Waals surface area contributed by atoms with E-state index < -0.39 is 5.60 Å². The third-order valence-corrected chi connectivity index (χ3v) is 4.47. The fourth-order valence-electron chi connectivity index (χ4n) is 2.85. The van der Waals surface area contributed by atoms with Crippen LogP contribution in [0.2, 0.25) is 0 Å². The molecule has 0 aromatic heterocycles. The average Bonchev–Trinajstić information content (AvgIpc) is 2.48. The van der Waals surface area contributed by atoms with Gasteiger partial charge in [-0.1, -0.05) is 66.2 Å². The minimum absolute atomic E-state index is 0.917. The molecule has 0 radical (unpaired) electrons. The molecule has 1 nitrogen and oxygen atoms in total. The van der Waals surface area contributed by atoms with E-state index >= 15 is 0 Å². The SMILES string of the molecule is CC(C)=C(C(Br)=C(c1ccccc1)c1ccccc1)C(C)(C)O. The summed E-state index contributed by atoms with van der Waals surface area (Å²) >= 11 is 3.78. The third-order valence-electron chi connectivity index (χ3n) is 3.68. The zero-order chi connectivity index (χ0) is 17.0. The Morgan fingerprint density at radius 2 is 1.22 bits per heavy atom. The van der Waals surface area contributed by atoms with Crippen LogP contribution < -0.4 is 0 Å². The average molecular weight is 371 g/mol. The Morgan fingerprint density at radius 3 is 1.52 bits per heavy atom. The molecule has 2 aromatic carbocycles. The van der Waals surface area contributed by atoms with E-state index in [2.05, 4.69) is 40.2 Å². The number of rotatable bonds is 4. The zero-order valence-corrected chi connectivity index (χ0v) is 15.7. The van der Waals surface area contributed by atoms with Gasteiger partial charge in [0.1, 0.15) is 0 Å². The second-order valence-corrected chi connectivity index (χ2v) is 7.15. The van der Waals surface area contributed by atoms with Crippen LogP contribution in [0.4, 0.5) is 0 Å². The predicted octanol–water partition coefficient (Wildman–Crippen LogP) is 5.95. The Labute approximate surface area is 147 Å². The van der Waals surface area contributed by atoms with Gasteiger partial charge in [-0.2, -0.15) is 0 Å². The van der Waals surface area contributed by atoms with Gasteiger partial charge in [0.25, 0.3) is 0 Å². The largest absolute Gasteiger partial charge is 0.386 e. The Balaban J connectivity index is 2.78. The normalized spacial score (nSPS) is 11.0. The molecule has 0 aliphatic carbocycles. The van der Waals surface area contributed by atoms with E-state index in [1.165, 1.54) is 0 Å². The second kappa shape index (κ2) is 7.29. The van der Waals surface area contributed by atoms with Gasteiger partial charge in [0.2, 0.25) is 0 Å². The number of allylic oxidation sites excluding steroid dienone is 1. The summed E-state index contributed by atoms with van der Waals surface area (Å²) in [7, 11) is 0. The summed E-state index contributed by atoms with van der Waals surface area (Å²) in [6.07, 6.45) is 0. The smallest absolute Gasteiger partial charge is 0.0850 e. The van der Waals surface area contributed by atoms with Crippen molar-refractivity contribution in [3.8, 4) is 0 Å². The molecule has 0 saturated heterocycles. The summed E-state index contributed by atoms with van der Waals surface area (Å²) in [5.74, 6) is 0. The lowest BCUT2D eigenvalue weighted by Crippen LogP contribution is -2.23. The summed E-state index contributed by atoms with van der Waals surface area (Å²) < 4.78 is 0.933. The fraction of sp³-hybridized carbons (Fsp3) is 0.238. The van der Waals surface area contributed by atoms with E-state index in [4.69, 9.17) is 0 Å². The van der Waals surface area contributed by atoms with Crippen molar-refractivity contribution in [2.24, 2.45) is 0 Å². The van der Waals surface area contributed by atoms with Gasteiger partial charge >= 0.3 is 0 Å². The molecule has 23 heavy (non-hydrogen) atoms. The van der Waals surface area contributed by atoms with Crippen LogP contribution in [-0.4, -0.2) is 10.7 Å². The highest BCUT2D eigenvalue weighted by molar-refractivity contribution is 9.12. The molecule has 2 aromatic rings. The topological polar surface area (TPSA) is 20.2 Å². The number of aliphatic hydroxyl groups is 1. The van der Waals surface area contributed by atoms with Gasteiger partial charge in [-0.3, -0.25) is 0 Å². The molecule has 0 spiro atoms. The fourth-order valence-corrected chi connectivity index (χ4v) is 4.19. The highest BCUT2D eigenvalue weighted by atomic mass is 79.9. The lowest BCUT2D eigenvalue weighted by Gasteiger charge is -2.26. The maximum Gasteiger partial charge on any atom is 0.0850 e. The van der Waals surface area contributed by atoms with Crippen LogP contribution >= 0.6 is 15.9 Å².